The fourth-order valence-electron chi connectivity index (χ4n) is 1.85. The SMILES string of the molecule is COc1cccc(Cl)c1CNc1ccc(F)cc1C#N. The van der Waals surface area contributed by atoms with E-state index in [1.165, 1.54) is 18.2 Å². The van der Waals surface area contributed by atoms with Crippen LogP contribution in [0.2, 0.25) is 5.02 Å². The van der Waals surface area contributed by atoms with Crippen molar-refractivity contribution in [1.82, 2.24) is 0 Å². The first-order valence-electron chi connectivity index (χ1n) is 5.90. The molecule has 1 N–H and O–H groups in total. The molecule has 0 amide bonds. The second-order valence-corrected chi connectivity index (χ2v) is 4.48. The molecule has 0 saturated heterocycles. The lowest BCUT2D eigenvalue weighted by Gasteiger charge is -2.13. The molecule has 2 aromatic rings. The summed E-state index contributed by atoms with van der Waals surface area (Å²) in [5, 5.41) is 12.6. The maximum absolute atomic E-state index is 13.1. The second-order valence-electron chi connectivity index (χ2n) is 4.08. The highest BCUT2D eigenvalue weighted by atomic mass is 35.5. The van der Waals surface area contributed by atoms with Gasteiger partial charge >= 0.3 is 0 Å². The third-order valence-corrected chi connectivity index (χ3v) is 3.21. The third kappa shape index (κ3) is 3.01. The van der Waals surface area contributed by atoms with Crippen LogP contribution in [0.25, 0.3) is 0 Å². The van der Waals surface area contributed by atoms with Crippen molar-refractivity contribution < 1.29 is 9.13 Å². The maximum atomic E-state index is 13.1. The Balaban J connectivity index is 2.24. The quantitative estimate of drug-likeness (QED) is 0.926. The van der Waals surface area contributed by atoms with Gasteiger partial charge in [-0.1, -0.05) is 17.7 Å². The van der Waals surface area contributed by atoms with Gasteiger partial charge in [-0.2, -0.15) is 5.26 Å². The van der Waals surface area contributed by atoms with Gasteiger partial charge in [0.15, 0.2) is 0 Å². The molecule has 0 fully saturated rings. The van der Waals surface area contributed by atoms with Crippen LogP contribution in [0.3, 0.4) is 0 Å². The van der Waals surface area contributed by atoms with E-state index in [0.717, 1.165) is 5.56 Å². The van der Waals surface area contributed by atoms with Crippen LogP contribution in [0.4, 0.5) is 10.1 Å². The van der Waals surface area contributed by atoms with E-state index in [-0.39, 0.29) is 5.56 Å². The number of anilines is 1. The van der Waals surface area contributed by atoms with Crippen molar-refractivity contribution in [3.05, 3.63) is 58.4 Å². The summed E-state index contributed by atoms with van der Waals surface area (Å²) >= 11 is 6.13. The first-order chi connectivity index (χ1) is 9.65. The predicted octanol–water partition coefficient (Wildman–Crippen LogP) is 3.97. The molecule has 2 rings (SSSR count). The maximum Gasteiger partial charge on any atom is 0.125 e. The second kappa shape index (κ2) is 6.27. The van der Waals surface area contributed by atoms with Crippen LogP contribution in [-0.2, 0) is 6.54 Å². The largest absolute Gasteiger partial charge is 0.496 e. The van der Waals surface area contributed by atoms with Crippen LogP contribution in [0.5, 0.6) is 5.75 Å². The molecule has 0 saturated carbocycles. The molecule has 0 bridgehead atoms. The van der Waals surface area contributed by atoms with Crippen molar-refractivity contribution in [2.45, 2.75) is 6.54 Å². The number of halogens is 2. The van der Waals surface area contributed by atoms with Crippen LogP contribution in [0.15, 0.2) is 36.4 Å². The third-order valence-electron chi connectivity index (χ3n) is 2.85. The number of ether oxygens (including phenoxy) is 1. The van der Waals surface area contributed by atoms with Gasteiger partial charge in [0.05, 0.1) is 18.4 Å². The Morgan fingerprint density at radius 2 is 2.15 bits per heavy atom. The molecule has 102 valence electrons. The molecule has 20 heavy (non-hydrogen) atoms. The van der Waals surface area contributed by atoms with Gasteiger partial charge in [0.1, 0.15) is 17.6 Å². The number of benzene rings is 2. The molecular weight excluding hydrogens is 279 g/mol. The van der Waals surface area contributed by atoms with Crippen LogP contribution < -0.4 is 10.1 Å². The van der Waals surface area contributed by atoms with Gasteiger partial charge in [-0.25, -0.2) is 4.39 Å². The number of hydrogen-bond acceptors (Lipinski definition) is 3. The molecular formula is C15H12ClFN2O. The minimum Gasteiger partial charge on any atom is -0.496 e. The Morgan fingerprint density at radius 1 is 1.35 bits per heavy atom. The van der Waals surface area contributed by atoms with Crippen LogP contribution in [0, 0.1) is 17.1 Å². The van der Waals surface area contributed by atoms with E-state index in [4.69, 9.17) is 21.6 Å². The van der Waals surface area contributed by atoms with Crippen molar-refractivity contribution in [2.24, 2.45) is 0 Å². The number of methoxy groups -OCH3 is 1. The molecule has 0 aliphatic carbocycles. The highest BCUT2D eigenvalue weighted by molar-refractivity contribution is 6.31. The predicted molar refractivity (Wildman–Crippen MR) is 76.4 cm³/mol. The molecule has 0 atom stereocenters. The van der Waals surface area contributed by atoms with E-state index in [1.807, 2.05) is 6.07 Å². The summed E-state index contributed by atoms with van der Waals surface area (Å²) in [6.45, 7) is 0.378. The fraction of sp³-hybridized carbons (Fsp3) is 0.133. The van der Waals surface area contributed by atoms with Crippen molar-refractivity contribution in [1.29, 1.82) is 5.26 Å². The standard InChI is InChI=1S/C15H12ClFN2O/c1-20-15-4-2-3-13(16)12(15)9-19-14-6-5-11(17)7-10(14)8-18/h2-7,19H,9H2,1H3. The fourth-order valence-corrected chi connectivity index (χ4v) is 2.08. The molecule has 2 aromatic carbocycles. The Labute approximate surface area is 121 Å². The summed E-state index contributed by atoms with van der Waals surface area (Å²) in [5.41, 5.74) is 1.58. The average Bonchev–Trinajstić information content (AvgIpc) is 2.46. The number of nitrogens with zero attached hydrogens (tertiary/aromatic N) is 1. The van der Waals surface area contributed by atoms with E-state index < -0.39 is 5.82 Å². The summed E-state index contributed by atoms with van der Waals surface area (Å²) in [6, 6.07) is 11.3. The lowest BCUT2D eigenvalue weighted by molar-refractivity contribution is 0.410. The average molecular weight is 291 g/mol. The summed E-state index contributed by atoms with van der Waals surface area (Å²) in [7, 11) is 1.56. The molecule has 0 unspecified atom stereocenters. The minimum absolute atomic E-state index is 0.246. The Hall–Kier alpha value is -2.25. The normalized spacial score (nSPS) is 9.90. The van der Waals surface area contributed by atoms with E-state index in [9.17, 15) is 4.39 Å². The molecule has 3 nitrogen and oxygen atoms in total. The van der Waals surface area contributed by atoms with Crippen molar-refractivity contribution in [2.75, 3.05) is 12.4 Å². The molecule has 0 heterocycles. The van der Waals surface area contributed by atoms with Crippen LogP contribution in [-0.4, -0.2) is 7.11 Å². The highest BCUT2D eigenvalue weighted by Gasteiger charge is 2.09. The summed E-state index contributed by atoms with van der Waals surface area (Å²) in [5.74, 6) is 0.216. The van der Waals surface area contributed by atoms with Gasteiger partial charge in [0.2, 0.25) is 0 Å². The lowest BCUT2D eigenvalue weighted by Crippen LogP contribution is -2.04. The lowest BCUT2D eigenvalue weighted by atomic mass is 10.1. The van der Waals surface area contributed by atoms with Gasteiger partial charge in [0.25, 0.3) is 0 Å². The number of rotatable bonds is 4. The topological polar surface area (TPSA) is 45.0 Å². The van der Waals surface area contributed by atoms with E-state index >= 15 is 0 Å². The summed E-state index contributed by atoms with van der Waals surface area (Å²) < 4.78 is 18.3. The van der Waals surface area contributed by atoms with E-state index in [0.29, 0.717) is 23.0 Å². The van der Waals surface area contributed by atoms with Crippen molar-refractivity contribution in [3.8, 4) is 11.8 Å². The van der Waals surface area contributed by atoms with Crippen LogP contribution in [0.1, 0.15) is 11.1 Å². The van der Waals surface area contributed by atoms with Crippen LogP contribution >= 0.6 is 11.6 Å². The van der Waals surface area contributed by atoms with E-state index in [1.54, 1.807) is 25.3 Å². The smallest absolute Gasteiger partial charge is 0.125 e. The molecule has 0 spiro atoms. The zero-order chi connectivity index (χ0) is 14.5. The molecule has 0 aliphatic heterocycles. The zero-order valence-electron chi connectivity index (χ0n) is 10.8. The minimum atomic E-state index is -0.442. The summed E-state index contributed by atoms with van der Waals surface area (Å²) in [4.78, 5) is 0. The molecule has 0 aromatic heterocycles. The first-order valence-corrected chi connectivity index (χ1v) is 6.28. The molecule has 5 heteroatoms. The Morgan fingerprint density at radius 3 is 2.85 bits per heavy atom. The van der Waals surface area contributed by atoms with Gasteiger partial charge in [-0.3, -0.25) is 0 Å². The zero-order valence-corrected chi connectivity index (χ0v) is 11.5. The van der Waals surface area contributed by atoms with Gasteiger partial charge in [-0.15, -0.1) is 0 Å². The Kier molecular flexibility index (Phi) is 4.44. The van der Waals surface area contributed by atoms with E-state index in [2.05, 4.69) is 5.32 Å². The van der Waals surface area contributed by atoms with Crippen molar-refractivity contribution in [3.63, 3.8) is 0 Å². The summed E-state index contributed by atoms with van der Waals surface area (Å²) in [6.07, 6.45) is 0. The van der Waals surface area contributed by atoms with Gasteiger partial charge in [-0.05, 0) is 30.3 Å². The monoisotopic (exact) mass is 290 g/mol. The molecule has 0 aliphatic rings. The van der Waals surface area contributed by atoms with Crippen molar-refractivity contribution >= 4 is 17.3 Å². The number of hydrogen-bond donors (Lipinski definition) is 1. The number of nitrogens with one attached hydrogen (secondary N) is 1. The number of nitriles is 1. The van der Waals surface area contributed by atoms with Gasteiger partial charge < -0.3 is 10.1 Å². The Bertz CT molecular complexity index is 667. The highest BCUT2D eigenvalue weighted by Crippen LogP contribution is 2.27. The molecule has 0 radical (unpaired) electrons. The first kappa shape index (κ1) is 14.2. The van der Waals surface area contributed by atoms with Gasteiger partial charge in [0, 0.05) is 17.1 Å².